The lowest BCUT2D eigenvalue weighted by molar-refractivity contribution is -0.186. The van der Waals surface area contributed by atoms with E-state index in [1.807, 2.05) is 27.7 Å². The fraction of sp³-hybridized carbons (Fsp3) is 0.682. The zero-order valence-electron chi connectivity index (χ0n) is 18.1. The van der Waals surface area contributed by atoms with Crippen molar-refractivity contribution in [3.63, 3.8) is 0 Å². The van der Waals surface area contributed by atoms with Gasteiger partial charge in [-0.2, -0.15) is 0 Å². The van der Waals surface area contributed by atoms with Crippen LogP contribution in [0.15, 0.2) is 23.5 Å². The molecular formula is C22H30O8. The molecule has 0 unspecified atom stereocenters. The topological polar surface area (TPSA) is 101 Å². The Bertz CT molecular complexity index is 759. The maximum atomic E-state index is 12.3. The van der Waals surface area contributed by atoms with Crippen molar-refractivity contribution in [3.05, 3.63) is 23.5 Å². The molecule has 3 rings (SSSR count). The molecule has 0 aromatic heterocycles. The Balaban J connectivity index is 1.80. The number of esters is 3. The summed E-state index contributed by atoms with van der Waals surface area (Å²) in [5.74, 6) is -1.25. The van der Waals surface area contributed by atoms with E-state index in [0.29, 0.717) is 18.6 Å². The van der Waals surface area contributed by atoms with E-state index in [9.17, 15) is 14.4 Å². The molecule has 0 aromatic carbocycles. The van der Waals surface area contributed by atoms with Crippen molar-refractivity contribution >= 4 is 17.9 Å². The van der Waals surface area contributed by atoms with Gasteiger partial charge in [-0.05, 0) is 23.5 Å². The van der Waals surface area contributed by atoms with Gasteiger partial charge in [-0.3, -0.25) is 14.4 Å². The number of carbonyl (C=O) groups is 3. The summed E-state index contributed by atoms with van der Waals surface area (Å²) in [7, 11) is 0. The molecule has 1 fully saturated rings. The molecule has 0 radical (unpaired) electrons. The van der Waals surface area contributed by atoms with Crippen LogP contribution in [0.4, 0.5) is 0 Å². The van der Waals surface area contributed by atoms with E-state index in [-0.39, 0.29) is 36.8 Å². The van der Waals surface area contributed by atoms with Crippen molar-refractivity contribution in [2.75, 3.05) is 13.2 Å². The second kappa shape index (κ2) is 8.79. The highest BCUT2D eigenvalue weighted by atomic mass is 16.7. The SMILES string of the molecule is CC(=O)O[C@H]1C=C2C(COC(=O)CC(C)C)=CO[C@H](OC(=O)CC(C)C)[C@H]2[C@@]12CO2. The smallest absolute Gasteiger partial charge is 0.309 e. The molecular weight excluding hydrogens is 392 g/mol. The van der Waals surface area contributed by atoms with Gasteiger partial charge in [0.25, 0.3) is 6.29 Å². The van der Waals surface area contributed by atoms with Crippen LogP contribution in [-0.4, -0.2) is 49.1 Å². The van der Waals surface area contributed by atoms with Gasteiger partial charge in [0.2, 0.25) is 0 Å². The van der Waals surface area contributed by atoms with Crippen molar-refractivity contribution < 1.29 is 38.1 Å². The molecule has 1 saturated heterocycles. The summed E-state index contributed by atoms with van der Waals surface area (Å²) in [5.41, 5.74) is 0.563. The highest BCUT2D eigenvalue weighted by Gasteiger charge is 2.67. The molecule has 8 nitrogen and oxygen atoms in total. The quantitative estimate of drug-likeness (QED) is 0.334. The summed E-state index contributed by atoms with van der Waals surface area (Å²) in [4.78, 5) is 35.8. The Labute approximate surface area is 176 Å². The summed E-state index contributed by atoms with van der Waals surface area (Å²) in [5, 5.41) is 0. The molecule has 1 aliphatic carbocycles. The van der Waals surface area contributed by atoms with Crippen LogP contribution in [0, 0.1) is 17.8 Å². The molecule has 0 aromatic rings. The number of hydrogen-bond acceptors (Lipinski definition) is 8. The molecule has 166 valence electrons. The lowest BCUT2D eigenvalue weighted by Gasteiger charge is -2.33. The maximum Gasteiger partial charge on any atom is 0.309 e. The maximum absolute atomic E-state index is 12.3. The first-order chi connectivity index (χ1) is 14.1. The molecule has 0 bridgehead atoms. The van der Waals surface area contributed by atoms with E-state index in [2.05, 4.69) is 0 Å². The van der Waals surface area contributed by atoms with Crippen molar-refractivity contribution in [3.8, 4) is 0 Å². The molecule has 2 heterocycles. The average Bonchev–Trinajstić information content (AvgIpc) is 3.33. The first kappa shape index (κ1) is 22.3. The second-order valence-corrected chi connectivity index (χ2v) is 8.87. The Morgan fingerprint density at radius 3 is 2.30 bits per heavy atom. The van der Waals surface area contributed by atoms with E-state index >= 15 is 0 Å². The van der Waals surface area contributed by atoms with Crippen LogP contribution in [-0.2, 0) is 38.1 Å². The molecule has 0 saturated carbocycles. The van der Waals surface area contributed by atoms with Crippen molar-refractivity contribution in [1.82, 2.24) is 0 Å². The highest BCUT2D eigenvalue weighted by molar-refractivity contribution is 5.71. The standard InChI is InChI=1S/C22H30O8/c1-12(2)6-18(24)26-9-15-10-27-21(30-19(25)7-13(3)4)20-16(15)8-17(29-14(5)23)22(20)11-28-22/h8,10,12-13,17,20-21H,6-7,9,11H2,1-5H3/t17-,20-,21+,22+/m0/s1. The fourth-order valence-corrected chi connectivity index (χ4v) is 3.84. The van der Waals surface area contributed by atoms with E-state index in [4.69, 9.17) is 23.7 Å². The molecule has 8 heteroatoms. The van der Waals surface area contributed by atoms with Gasteiger partial charge in [-0.25, -0.2) is 0 Å². The van der Waals surface area contributed by atoms with Gasteiger partial charge in [0.1, 0.15) is 12.2 Å². The van der Waals surface area contributed by atoms with Gasteiger partial charge >= 0.3 is 17.9 Å². The number of rotatable bonds is 8. The minimum absolute atomic E-state index is 0.0173. The molecule has 3 aliphatic rings. The zero-order chi connectivity index (χ0) is 22.1. The largest absolute Gasteiger partial charge is 0.461 e. The zero-order valence-corrected chi connectivity index (χ0v) is 18.1. The average molecular weight is 422 g/mol. The summed E-state index contributed by atoms with van der Waals surface area (Å²) in [6, 6.07) is 0. The van der Waals surface area contributed by atoms with Crippen molar-refractivity contribution in [2.24, 2.45) is 17.8 Å². The van der Waals surface area contributed by atoms with Crippen LogP contribution in [0.25, 0.3) is 0 Å². The molecule has 30 heavy (non-hydrogen) atoms. The third kappa shape index (κ3) is 4.86. The predicted octanol–water partition coefficient (Wildman–Crippen LogP) is 2.66. The van der Waals surface area contributed by atoms with Gasteiger partial charge in [0.05, 0.1) is 18.8 Å². The summed E-state index contributed by atoms with van der Waals surface area (Å²) in [6.07, 6.45) is 2.28. The minimum Gasteiger partial charge on any atom is -0.461 e. The third-order valence-electron chi connectivity index (χ3n) is 5.22. The number of ether oxygens (including phenoxy) is 5. The first-order valence-corrected chi connectivity index (χ1v) is 10.3. The lowest BCUT2D eigenvalue weighted by Crippen LogP contribution is -2.44. The summed E-state index contributed by atoms with van der Waals surface area (Å²) >= 11 is 0. The number of epoxide rings is 1. The summed E-state index contributed by atoms with van der Waals surface area (Å²) in [6.45, 7) is 9.42. The number of hydrogen-bond donors (Lipinski definition) is 0. The molecule has 2 aliphatic heterocycles. The minimum atomic E-state index is -0.902. The fourth-order valence-electron chi connectivity index (χ4n) is 3.84. The Morgan fingerprint density at radius 2 is 1.73 bits per heavy atom. The van der Waals surface area contributed by atoms with Gasteiger partial charge in [0, 0.05) is 25.3 Å². The van der Waals surface area contributed by atoms with Gasteiger partial charge in [-0.1, -0.05) is 27.7 Å². The monoisotopic (exact) mass is 422 g/mol. The normalized spacial score (nSPS) is 29.1. The molecule has 0 amide bonds. The Morgan fingerprint density at radius 1 is 1.10 bits per heavy atom. The van der Waals surface area contributed by atoms with E-state index in [1.165, 1.54) is 13.2 Å². The van der Waals surface area contributed by atoms with Crippen LogP contribution in [0.2, 0.25) is 0 Å². The highest BCUT2D eigenvalue weighted by Crippen LogP contribution is 2.54. The first-order valence-electron chi connectivity index (χ1n) is 10.3. The lowest BCUT2D eigenvalue weighted by atomic mass is 9.85. The van der Waals surface area contributed by atoms with E-state index < -0.39 is 29.9 Å². The Hall–Kier alpha value is -2.35. The molecule has 4 atom stereocenters. The second-order valence-electron chi connectivity index (χ2n) is 8.87. The number of fused-ring (bicyclic) bond motifs is 2. The van der Waals surface area contributed by atoms with Gasteiger partial charge < -0.3 is 23.7 Å². The van der Waals surface area contributed by atoms with Crippen LogP contribution in [0.3, 0.4) is 0 Å². The van der Waals surface area contributed by atoms with Crippen LogP contribution in [0.1, 0.15) is 47.5 Å². The predicted molar refractivity (Wildman–Crippen MR) is 105 cm³/mol. The molecule has 1 spiro atoms. The van der Waals surface area contributed by atoms with Crippen molar-refractivity contribution in [1.29, 1.82) is 0 Å². The van der Waals surface area contributed by atoms with Crippen LogP contribution < -0.4 is 0 Å². The number of carbonyl (C=O) groups excluding carboxylic acids is 3. The van der Waals surface area contributed by atoms with E-state index in [1.54, 1.807) is 6.08 Å². The van der Waals surface area contributed by atoms with Gasteiger partial charge in [0.15, 0.2) is 6.10 Å². The van der Waals surface area contributed by atoms with Crippen LogP contribution in [0.5, 0.6) is 0 Å². The Kier molecular flexibility index (Phi) is 6.55. The van der Waals surface area contributed by atoms with Crippen molar-refractivity contribution in [2.45, 2.75) is 65.5 Å². The third-order valence-corrected chi connectivity index (χ3v) is 5.22. The van der Waals surface area contributed by atoms with Crippen LogP contribution >= 0.6 is 0 Å². The molecule has 0 N–H and O–H groups in total. The van der Waals surface area contributed by atoms with E-state index in [0.717, 1.165) is 5.57 Å². The summed E-state index contributed by atoms with van der Waals surface area (Å²) < 4.78 is 27.9. The van der Waals surface area contributed by atoms with Gasteiger partial charge in [-0.15, -0.1) is 0 Å².